The van der Waals surface area contributed by atoms with E-state index in [0.717, 1.165) is 17.8 Å². The molecule has 84 valence electrons. The monoisotopic (exact) mass is 210 g/mol. The minimum Gasteiger partial charge on any atom is -0.396 e. The highest BCUT2D eigenvalue weighted by Crippen LogP contribution is 2.14. The van der Waals surface area contributed by atoms with Gasteiger partial charge in [-0.15, -0.1) is 0 Å². The Morgan fingerprint density at radius 2 is 2.20 bits per heavy atom. The number of aryl methyl sites for hydroxylation is 1. The molecule has 0 aliphatic heterocycles. The van der Waals surface area contributed by atoms with Crippen molar-refractivity contribution < 1.29 is 4.79 Å². The van der Waals surface area contributed by atoms with Crippen LogP contribution in [0.4, 0.5) is 5.69 Å². The zero-order valence-corrected chi connectivity index (χ0v) is 9.50. The maximum Gasteiger partial charge on any atom is 0.241 e. The van der Waals surface area contributed by atoms with Crippen LogP contribution in [0.25, 0.3) is 0 Å². The number of carbonyl (C=O) groups excluding carboxylic acids is 1. The van der Waals surface area contributed by atoms with Gasteiger partial charge in [0.2, 0.25) is 5.91 Å². The predicted octanol–water partition coefficient (Wildman–Crippen LogP) is 0.608. The summed E-state index contributed by atoms with van der Waals surface area (Å²) in [6, 6.07) is 0. The van der Waals surface area contributed by atoms with Crippen LogP contribution in [-0.4, -0.2) is 22.2 Å². The number of hydrogen-bond donors (Lipinski definition) is 2. The van der Waals surface area contributed by atoms with Crippen molar-refractivity contribution in [1.29, 1.82) is 0 Å². The summed E-state index contributed by atoms with van der Waals surface area (Å²) in [7, 11) is 0. The Hall–Kier alpha value is -1.52. The molecule has 0 atom stereocenters. The summed E-state index contributed by atoms with van der Waals surface area (Å²) in [5.41, 5.74) is 8.05. The average Bonchev–Trinajstić information content (AvgIpc) is 2.43. The Labute approximate surface area is 89.6 Å². The lowest BCUT2D eigenvalue weighted by Crippen LogP contribution is -2.28. The van der Waals surface area contributed by atoms with E-state index in [2.05, 4.69) is 10.4 Å². The first-order chi connectivity index (χ1) is 7.06. The molecule has 0 bridgehead atoms. The quantitative estimate of drug-likeness (QED) is 0.764. The first kappa shape index (κ1) is 11.6. The SMILES string of the molecule is CCCNC(=O)Cn1nc(C)c(N)c1C. The number of anilines is 1. The van der Waals surface area contributed by atoms with Crippen LogP contribution < -0.4 is 11.1 Å². The van der Waals surface area contributed by atoms with Gasteiger partial charge in [0.15, 0.2) is 0 Å². The largest absolute Gasteiger partial charge is 0.396 e. The number of aromatic nitrogens is 2. The summed E-state index contributed by atoms with van der Waals surface area (Å²) >= 11 is 0. The molecule has 5 nitrogen and oxygen atoms in total. The van der Waals surface area contributed by atoms with Crippen molar-refractivity contribution in [3.63, 3.8) is 0 Å². The van der Waals surface area contributed by atoms with Crippen LogP contribution >= 0.6 is 0 Å². The molecule has 1 aromatic heterocycles. The first-order valence-corrected chi connectivity index (χ1v) is 5.12. The van der Waals surface area contributed by atoms with E-state index in [9.17, 15) is 4.79 Å². The molecule has 1 amide bonds. The van der Waals surface area contributed by atoms with E-state index in [1.807, 2.05) is 20.8 Å². The molecule has 0 fully saturated rings. The molecule has 1 aromatic rings. The molecule has 0 unspecified atom stereocenters. The average molecular weight is 210 g/mol. The number of rotatable bonds is 4. The molecule has 1 heterocycles. The number of amides is 1. The van der Waals surface area contributed by atoms with E-state index in [-0.39, 0.29) is 12.5 Å². The Kier molecular flexibility index (Phi) is 3.71. The highest BCUT2D eigenvalue weighted by atomic mass is 16.2. The summed E-state index contributed by atoms with van der Waals surface area (Å²) in [5, 5.41) is 6.98. The summed E-state index contributed by atoms with van der Waals surface area (Å²) in [6.07, 6.45) is 0.936. The van der Waals surface area contributed by atoms with Crippen molar-refractivity contribution in [3.8, 4) is 0 Å². The molecule has 0 saturated heterocycles. The molecule has 0 saturated carbocycles. The second-order valence-electron chi connectivity index (χ2n) is 3.59. The van der Waals surface area contributed by atoms with Gasteiger partial charge in [-0.3, -0.25) is 9.48 Å². The fourth-order valence-corrected chi connectivity index (χ4v) is 1.32. The molecule has 0 radical (unpaired) electrons. The number of nitrogens with one attached hydrogen (secondary N) is 1. The zero-order valence-electron chi connectivity index (χ0n) is 9.50. The Morgan fingerprint density at radius 1 is 1.53 bits per heavy atom. The minimum atomic E-state index is -0.0255. The van der Waals surface area contributed by atoms with Crippen LogP contribution in [0.1, 0.15) is 24.7 Å². The van der Waals surface area contributed by atoms with Crippen molar-refractivity contribution >= 4 is 11.6 Å². The standard InChI is InChI=1S/C10H18N4O/c1-4-5-12-9(15)6-14-8(3)10(11)7(2)13-14/h4-6,11H2,1-3H3,(H,12,15). The second kappa shape index (κ2) is 4.82. The number of nitrogens with two attached hydrogens (primary N) is 1. The first-order valence-electron chi connectivity index (χ1n) is 5.12. The lowest BCUT2D eigenvalue weighted by molar-refractivity contribution is -0.121. The highest BCUT2D eigenvalue weighted by molar-refractivity contribution is 5.75. The van der Waals surface area contributed by atoms with Crippen LogP contribution in [0.2, 0.25) is 0 Å². The van der Waals surface area contributed by atoms with Crippen LogP contribution in [0.3, 0.4) is 0 Å². The number of carbonyl (C=O) groups is 1. The third kappa shape index (κ3) is 2.71. The maximum absolute atomic E-state index is 11.4. The smallest absolute Gasteiger partial charge is 0.241 e. The van der Waals surface area contributed by atoms with E-state index < -0.39 is 0 Å². The molecule has 0 aliphatic carbocycles. The van der Waals surface area contributed by atoms with Gasteiger partial charge in [-0.1, -0.05) is 6.92 Å². The molecule has 15 heavy (non-hydrogen) atoms. The van der Waals surface area contributed by atoms with Crippen LogP contribution in [0.5, 0.6) is 0 Å². The number of nitrogens with zero attached hydrogens (tertiary/aromatic N) is 2. The summed E-state index contributed by atoms with van der Waals surface area (Å²) in [4.78, 5) is 11.4. The van der Waals surface area contributed by atoms with Crippen LogP contribution in [0.15, 0.2) is 0 Å². The normalized spacial score (nSPS) is 10.3. The molecular weight excluding hydrogens is 192 g/mol. The van der Waals surface area contributed by atoms with Gasteiger partial charge < -0.3 is 11.1 Å². The fraction of sp³-hybridized carbons (Fsp3) is 0.600. The van der Waals surface area contributed by atoms with Crippen LogP contribution in [-0.2, 0) is 11.3 Å². The summed E-state index contributed by atoms with van der Waals surface area (Å²) in [6.45, 7) is 6.66. The van der Waals surface area contributed by atoms with E-state index in [1.165, 1.54) is 0 Å². The predicted molar refractivity (Wildman–Crippen MR) is 59.4 cm³/mol. The van der Waals surface area contributed by atoms with Gasteiger partial charge in [0.05, 0.1) is 17.1 Å². The Bertz CT molecular complexity index is 357. The van der Waals surface area contributed by atoms with Crippen molar-refractivity contribution in [1.82, 2.24) is 15.1 Å². The third-order valence-corrected chi connectivity index (χ3v) is 2.30. The van der Waals surface area contributed by atoms with E-state index in [0.29, 0.717) is 12.2 Å². The van der Waals surface area contributed by atoms with Gasteiger partial charge in [0.25, 0.3) is 0 Å². The van der Waals surface area contributed by atoms with Crippen molar-refractivity contribution in [2.75, 3.05) is 12.3 Å². The minimum absolute atomic E-state index is 0.0255. The summed E-state index contributed by atoms with van der Waals surface area (Å²) in [5.74, 6) is -0.0255. The number of hydrogen-bond acceptors (Lipinski definition) is 3. The van der Waals surface area contributed by atoms with Crippen LogP contribution in [0, 0.1) is 13.8 Å². The van der Waals surface area contributed by atoms with Crippen molar-refractivity contribution in [2.24, 2.45) is 0 Å². The second-order valence-corrected chi connectivity index (χ2v) is 3.59. The molecular formula is C10H18N4O. The Morgan fingerprint density at radius 3 is 2.67 bits per heavy atom. The fourth-order valence-electron chi connectivity index (χ4n) is 1.32. The molecule has 0 spiro atoms. The van der Waals surface area contributed by atoms with E-state index >= 15 is 0 Å². The van der Waals surface area contributed by atoms with Gasteiger partial charge in [0.1, 0.15) is 6.54 Å². The number of nitrogen functional groups attached to an aromatic ring is 1. The molecule has 3 N–H and O–H groups in total. The molecule has 1 rings (SSSR count). The highest BCUT2D eigenvalue weighted by Gasteiger charge is 2.10. The molecule has 0 aromatic carbocycles. The zero-order chi connectivity index (χ0) is 11.4. The topological polar surface area (TPSA) is 72.9 Å². The molecule has 5 heteroatoms. The summed E-state index contributed by atoms with van der Waals surface area (Å²) < 4.78 is 1.63. The lowest BCUT2D eigenvalue weighted by atomic mass is 10.3. The van der Waals surface area contributed by atoms with E-state index in [1.54, 1.807) is 4.68 Å². The maximum atomic E-state index is 11.4. The third-order valence-electron chi connectivity index (χ3n) is 2.30. The van der Waals surface area contributed by atoms with E-state index in [4.69, 9.17) is 5.73 Å². The van der Waals surface area contributed by atoms with Gasteiger partial charge in [0, 0.05) is 6.54 Å². The van der Waals surface area contributed by atoms with Gasteiger partial charge in [-0.05, 0) is 20.3 Å². The van der Waals surface area contributed by atoms with Crippen molar-refractivity contribution in [2.45, 2.75) is 33.7 Å². The van der Waals surface area contributed by atoms with Gasteiger partial charge >= 0.3 is 0 Å². The Balaban J connectivity index is 2.64. The molecule has 0 aliphatic rings. The van der Waals surface area contributed by atoms with Gasteiger partial charge in [-0.25, -0.2) is 0 Å². The van der Waals surface area contributed by atoms with Gasteiger partial charge in [-0.2, -0.15) is 5.10 Å². The van der Waals surface area contributed by atoms with Crippen molar-refractivity contribution in [3.05, 3.63) is 11.4 Å². The lowest BCUT2D eigenvalue weighted by Gasteiger charge is -2.05.